The van der Waals surface area contributed by atoms with Gasteiger partial charge >= 0.3 is 0 Å². The summed E-state index contributed by atoms with van der Waals surface area (Å²) in [6.45, 7) is 5.46. The Kier molecular flexibility index (Phi) is 2.98. The van der Waals surface area contributed by atoms with Gasteiger partial charge in [-0.3, -0.25) is 4.67 Å². The highest BCUT2D eigenvalue weighted by molar-refractivity contribution is 7.13. The number of rotatable bonds is 2. The number of ether oxygens (including phenoxy) is 1. The van der Waals surface area contributed by atoms with E-state index in [-0.39, 0.29) is 5.60 Å². The van der Waals surface area contributed by atoms with Crippen LogP contribution in [0.3, 0.4) is 0 Å². The number of epoxide rings is 1. The standard InChI is InChI=1S/C14H20NOP/c1-11-4-2-3-5-13(11)14(10-16-14)12-6-8-15(17)9-7-12/h2-5,12H,6-10,17H2,1H3. The summed E-state index contributed by atoms with van der Waals surface area (Å²) in [6, 6.07) is 8.69. The molecular weight excluding hydrogens is 229 g/mol. The maximum absolute atomic E-state index is 5.91. The van der Waals surface area contributed by atoms with Crippen LogP contribution in [-0.4, -0.2) is 24.4 Å². The minimum Gasteiger partial charge on any atom is -0.364 e. The van der Waals surface area contributed by atoms with Crippen molar-refractivity contribution in [1.29, 1.82) is 0 Å². The average molecular weight is 249 g/mol. The summed E-state index contributed by atoms with van der Waals surface area (Å²) < 4.78 is 8.25. The van der Waals surface area contributed by atoms with Crippen LogP contribution in [0.2, 0.25) is 0 Å². The third-order valence-corrected chi connectivity index (χ3v) is 4.76. The molecule has 2 atom stereocenters. The van der Waals surface area contributed by atoms with Crippen molar-refractivity contribution in [1.82, 2.24) is 4.67 Å². The van der Waals surface area contributed by atoms with Gasteiger partial charge in [-0.1, -0.05) is 33.7 Å². The van der Waals surface area contributed by atoms with E-state index in [0.29, 0.717) is 5.92 Å². The smallest absolute Gasteiger partial charge is 0.120 e. The summed E-state index contributed by atoms with van der Waals surface area (Å²) in [5.74, 6) is 0.695. The van der Waals surface area contributed by atoms with Crippen LogP contribution in [0.25, 0.3) is 0 Å². The Hall–Kier alpha value is -0.430. The maximum Gasteiger partial charge on any atom is 0.120 e. The van der Waals surface area contributed by atoms with Crippen LogP contribution in [0.4, 0.5) is 0 Å². The van der Waals surface area contributed by atoms with Crippen molar-refractivity contribution in [3.63, 3.8) is 0 Å². The molecule has 2 unspecified atom stereocenters. The number of benzene rings is 1. The predicted octanol–water partition coefficient (Wildman–Crippen LogP) is 2.72. The van der Waals surface area contributed by atoms with E-state index in [1.54, 1.807) is 0 Å². The predicted molar refractivity (Wildman–Crippen MR) is 72.8 cm³/mol. The molecule has 2 fully saturated rings. The summed E-state index contributed by atoms with van der Waals surface area (Å²) in [4.78, 5) is 0. The van der Waals surface area contributed by atoms with E-state index in [2.05, 4.69) is 45.3 Å². The number of hydrogen-bond donors (Lipinski definition) is 0. The Morgan fingerprint density at radius 2 is 1.94 bits per heavy atom. The second-order valence-electron chi connectivity index (χ2n) is 5.30. The molecule has 0 aliphatic carbocycles. The lowest BCUT2D eigenvalue weighted by molar-refractivity contribution is 0.157. The first kappa shape index (κ1) is 11.6. The fourth-order valence-corrected chi connectivity index (χ4v) is 3.40. The highest BCUT2D eigenvalue weighted by Crippen LogP contribution is 2.50. The van der Waals surface area contributed by atoms with Crippen molar-refractivity contribution >= 4 is 9.39 Å². The molecule has 2 saturated heterocycles. The average Bonchev–Trinajstić information content (AvgIpc) is 3.12. The second kappa shape index (κ2) is 4.35. The third kappa shape index (κ3) is 2.03. The number of hydrogen-bond acceptors (Lipinski definition) is 2. The van der Waals surface area contributed by atoms with Gasteiger partial charge < -0.3 is 4.74 Å². The van der Waals surface area contributed by atoms with Crippen molar-refractivity contribution in [3.8, 4) is 0 Å². The van der Waals surface area contributed by atoms with Crippen LogP contribution >= 0.6 is 9.39 Å². The molecule has 0 N–H and O–H groups in total. The minimum atomic E-state index is 0.0528. The molecule has 0 bridgehead atoms. The minimum absolute atomic E-state index is 0.0528. The van der Waals surface area contributed by atoms with Gasteiger partial charge in [-0.25, -0.2) is 0 Å². The molecule has 2 nitrogen and oxygen atoms in total. The third-order valence-electron chi connectivity index (χ3n) is 4.25. The highest BCUT2D eigenvalue weighted by atomic mass is 31.0. The lowest BCUT2D eigenvalue weighted by atomic mass is 9.79. The van der Waals surface area contributed by atoms with E-state index in [1.165, 1.54) is 37.1 Å². The Morgan fingerprint density at radius 3 is 2.53 bits per heavy atom. The quantitative estimate of drug-likeness (QED) is 0.591. The summed E-state index contributed by atoms with van der Waals surface area (Å²) in [5, 5.41) is 0. The highest BCUT2D eigenvalue weighted by Gasteiger charge is 2.53. The molecule has 0 spiro atoms. The molecule has 3 rings (SSSR count). The van der Waals surface area contributed by atoms with Gasteiger partial charge in [-0.2, -0.15) is 0 Å². The van der Waals surface area contributed by atoms with Gasteiger partial charge in [-0.15, -0.1) is 0 Å². The molecule has 1 aromatic carbocycles. The summed E-state index contributed by atoms with van der Waals surface area (Å²) in [5.41, 5.74) is 2.84. The normalized spacial score (nSPS) is 30.5. The van der Waals surface area contributed by atoms with Crippen LogP contribution < -0.4 is 0 Å². The lowest BCUT2D eigenvalue weighted by Gasteiger charge is -2.33. The summed E-state index contributed by atoms with van der Waals surface area (Å²) in [6.07, 6.45) is 2.50. The molecule has 3 heteroatoms. The van der Waals surface area contributed by atoms with E-state index in [1.807, 2.05) is 0 Å². The first-order valence-corrected chi connectivity index (χ1v) is 6.94. The number of nitrogens with zero attached hydrogens (tertiary/aromatic N) is 1. The molecule has 0 aromatic heterocycles. The van der Waals surface area contributed by atoms with Crippen molar-refractivity contribution in [2.75, 3.05) is 19.7 Å². The van der Waals surface area contributed by atoms with Crippen LogP contribution in [0, 0.1) is 12.8 Å². The van der Waals surface area contributed by atoms with Gasteiger partial charge in [0.2, 0.25) is 0 Å². The number of piperidine rings is 1. The van der Waals surface area contributed by atoms with Crippen molar-refractivity contribution in [3.05, 3.63) is 35.4 Å². The second-order valence-corrected chi connectivity index (χ2v) is 6.03. The van der Waals surface area contributed by atoms with E-state index < -0.39 is 0 Å². The fourth-order valence-electron chi connectivity index (χ4n) is 3.10. The molecule has 0 amide bonds. The molecule has 0 radical (unpaired) electrons. The zero-order chi connectivity index (χ0) is 11.9. The molecule has 2 aliphatic rings. The Labute approximate surface area is 106 Å². The lowest BCUT2D eigenvalue weighted by Crippen LogP contribution is -2.34. The van der Waals surface area contributed by atoms with Crippen molar-refractivity contribution < 1.29 is 4.74 Å². The van der Waals surface area contributed by atoms with Crippen molar-refractivity contribution in [2.24, 2.45) is 5.92 Å². The maximum atomic E-state index is 5.91. The molecule has 17 heavy (non-hydrogen) atoms. The van der Waals surface area contributed by atoms with Gasteiger partial charge in [0.25, 0.3) is 0 Å². The fraction of sp³-hybridized carbons (Fsp3) is 0.571. The largest absolute Gasteiger partial charge is 0.364 e. The Bertz CT molecular complexity index is 408. The SMILES string of the molecule is Cc1ccccc1C1(C2CCN(P)CC2)CO1. The first-order chi connectivity index (χ1) is 8.22. The van der Waals surface area contributed by atoms with E-state index >= 15 is 0 Å². The Balaban J connectivity index is 1.85. The van der Waals surface area contributed by atoms with E-state index in [9.17, 15) is 0 Å². The monoisotopic (exact) mass is 249 g/mol. The van der Waals surface area contributed by atoms with Crippen molar-refractivity contribution in [2.45, 2.75) is 25.4 Å². The van der Waals surface area contributed by atoms with Gasteiger partial charge in [0.05, 0.1) is 6.61 Å². The first-order valence-electron chi connectivity index (χ1n) is 6.42. The Morgan fingerprint density at radius 1 is 1.29 bits per heavy atom. The zero-order valence-corrected chi connectivity index (χ0v) is 11.5. The molecule has 92 valence electrons. The van der Waals surface area contributed by atoms with Gasteiger partial charge in [-0.05, 0) is 36.8 Å². The molecule has 1 aromatic rings. The molecule has 0 saturated carbocycles. The topological polar surface area (TPSA) is 15.8 Å². The van der Waals surface area contributed by atoms with Crippen LogP contribution in [0.15, 0.2) is 24.3 Å². The van der Waals surface area contributed by atoms with Gasteiger partial charge in [0.1, 0.15) is 5.60 Å². The van der Waals surface area contributed by atoms with Crippen LogP contribution in [0.1, 0.15) is 24.0 Å². The molecule has 2 heterocycles. The van der Waals surface area contributed by atoms with Crippen LogP contribution in [0.5, 0.6) is 0 Å². The van der Waals surface area contributed by atoms with E-state index in [0.717, 1.165) is 6.61 Å². The zero-order valence-electron chi connectivity index (χ0n) is 10.4. The van der Waals surface area contributed by atoms with E-state index in [4.69, 9.17) is 4.74 Å². The molecule has 2 aliphatic heterocycles. The summed E-state index contributed by atoms with van der Waals surface area (Å²) >= 11 is 0. The molecular formula is C14H20NOP. The number of aryl methyl sites for hydroxylation is 1. The summed E-state index contributed by atoms with van der Waals surface area (Å²) in [7, 11) is 2.81. The van der Waals surface area contributed by atoms with Gasteiger partial charge in [0.15, 0.2) is 0 Å². The van der Waals surface area contributed by atoms with Crippen LogP contribution in [-0.2, 0) is 10.3 Å². The van der Waals surface area contributed by atoms with Gasteiger partial charge in [0, 0.05) is 13.1 Å².